The molecule has 6 nitrogen and oxygen atoms in total. The molecule has 1 aromatic carbocycles. The van der Waals surface area contributed by atoms with Crippen molar-refractivity contribution in [2.75, 3.05) is 11.9 Å². The highest BCUT2D eigenvalue weighted by Gasteiger charge is 2.30. The summed E-state index contributed by atoms with van der Waals surface area (Å²) < 4.78 is 1.41. The van der Waals surface area contributed by atoms with Crippen molar-refractivity contribution in [2.45, 2.75) is 25.8 Å². The van der Waals surface area contributed by atoms with Gasteiger partial charge in [-0.15, -0.1) is 0 Å². The van der Waals surface area contributed by atoms with Gasteiger partial charge in [0.05, 0.1) is 18.2 Å². The minimum atomic E-state index is -0.269. The molecule has 0 spiro atoms. The molecule has 6 heteroatoms. The van der Waals surface area contributed by atoms with E-state index < -0.39 is 0 Å². The van der Waals surface area contributed by atoms with Gasteiger partial charge in [-0.3, -0.25) is 14.4 Å². The van der Waals surface area contributed by atoms with E-state index in [0.29, 0.717) is 12.2 Å². The summed E-state index contributed by atoms with van der Waals surface area (Å²) in [6.07, 6.45) is 2.56. The number of hydrogen-bond donors (Lipinski definition) is 1. The van der Waals surface area contributed by atoms with Gasteiger partial charge in [-0.25, -0.2) is 0 Å². The van der Waals surface area contributed by atoms with Gasteiger partial charge in [-0.2, -0.15) is 0 Å². The van der Waals surface area contributed by atoms with Crippen LogP contribution >= 0.6 is 0 Å². The molecule has 0 radical (unpaired) electrons. The molecule has 1 aliphatic heterocycles. The smallest absolute Gasteiger partial charge is 0.250 e. The molecule has 1 aromatic heterocycles. The minimum Gasteiger partial charge on any atom is -0.335 e. The van der Waals surface area contributed by atoms with Gasteiger partial charge in [-0.05, 0) is 23.6 Å². The highest BCUT2D eigenvalue weighted by molar-refractivity contribution is 5.91. The second-order valence-electron chi connectivity index (χ2n) is 6.30. The highest BCUT2D eigenvalue weighted by atomic mass is 16.2. The standard InChI is InChI=1S/C19H21N3O3/c1-13(23)22-10-9-14-5-3-4-6-16(14)17(22)11-18(24)20-15-7-8-19(25)21(2)12-15/h3-8,12,17H,9-11H2,1-2H3,(H,20,24). The van der Waals surface area contributed by atoms with Crippen LogP contribution in [0.4, 0.5) is 5.69 Å². The monoisotopic (exact) mass is 339 g/mol. The Morgan fingerprint density at radius 3 is 2.68 bits per heavy atom. The first kappa shape index (κ1) is 17.0. The zero-order valence-electron chi connectivity index (χ0n) is 14.4. The minimum absolute atomic E-state index is 0.0330. The van der Waals surface area contributed by atoms with Gasteiger partial charge in [0, 0.05) is 32.8 Å². The molecule has 1 unspecified atom stereocenters. The van der Waals surface area contributed by atoms with Crippen LogP contribution in [0.5, 0.6) is 0 Å². The van der Waals surface area contributed by atoms with Gasteiger partial charge in [0.25, 0.3) is 0 Å². The van der Waals surface area contributed by atoms with Crippen LogP contribution in [-0.2, 0) is 23.1 Å². The predicted octanol–water partition coefficient (Wildman–Crippen LogP) is 1.86. The molecule has 1 aliphatic rings. The van der Waals surface area contributed by atoms with Crippen molar-refractivity contribution < 1.29 is 9.59 Å². The molecule has 0 aliphatic carbocycles. The number of benzene rings is 1. The van der Waals surface area contributed by atoms with Crippen LogP contribution < -0.4 is 10.9 Å². The summed E-state index contributed by atoms with van der Waals surface area (Å²) in [5.74, 6) is -0.221. The maximum atomic E-state index is 12.5. The number of nitrogens with one attached hydrogen (secondary N) is 1. The number of nitrogens with zero attached hydrogens (tertiary/aromatic N) is 2. The lowest BCUT2D eigenvalue weighted by molar-refractivity contribution is -0.132. The van der Waals surface area contributed by atoms with E-state index in [1.54, 1.807) is 24.2 Å². The Hall–Kier alpha value is -2.89. The third kappa shape index (κ3) is 3.63. The topological polar surface area (TPSA) is 71.4 Å². The molecule has 0 fully saturated rings. The Labute approximate surface area is 146 Å². The average Bonchev–Trinajstić information content (AvgIpc) is 2.58. The van der Waals surface area contributed by atoms with Crippen molar-refractivity contribution in [1.82, 2.24) is 9.47 Å². The predicted molar refractivity (Wildman–Crippen MR) is 95.2 cm³/mol. The van der Waals surface area contributed by atoms with Gasteiger partial charge < -0.3 is 14.8 Å². The molecule has 2 aromatic rings. The largest absolute Gasteiger partial charge is 0.335 e. The number of aromatic nitrogens is 1. The van der Waals surface area contributed by atoms with Crippen LogP contribution in [-0.4, -0.2) is 27.8 Å². The van der Waals surface area contributed by atoms with E-state index in [-0.39, 0.29) is 29.8 Å². The molecule has 2 amide bonds. The summed E-state index contributed by atoms with van der Waals surface area (Å²) in [5.41, 5.74) is 2.63. The molecule has 25 heavy (non-hydrogen) atoms. The second kappa shape index (κ2) is 6.93. The highest BCUT2D eigenvalue weighted by Crippen LogP contribution is 2.32. The zero-order valence-corrected chi connectivity index (χ0v) is 14.4. The van der Waals surface area contributed by atoms with Gasteiger partial charge in [0.15, 0.2) is 0 Å². The second-order valence-corrected chi connectivity index (χ2v) is 6.30. The number of fused-ring (bicyclic) bond motifs is 1. The quantitative estimate of drug-likeness (QED) is 0.928. The number of carbonyl (C=O) groups is 2. The molecule has 1 atom stereocenters. The van der Waals surface area contributed by atoms with Crippen molar-refractivity contribution in [1.29, 1.82) is 0 Å². The summed E-state index contributed by atoms with van der Waals surface area (Å²) in [6, 6.07) is 10.7. The van der Waals surface area contributed by atoms with E-state index in [1.165, 1.54) is 23.1 Å². The van der Waals surface area contributed by atoms with Gasteiger partial charge in [-0.1, -0.05) is 24.3 Å². The summed E-state index contributed by atoms with van der Waals surface area (Å²) in [4.78, 5) is 37.7. The van der Waals surface area contributed by atoms with E-state index in [9.17, 15) is 14.4 Å². The molecular weight excluding hydrogens is 318 g/mol. The Bertz CT molecular complexity index is 872. The lowest BCUT2D eigenvalue weighted by atomic mass is 9.90. The van der Waals surface area contributed by atoms with Crippen LogP contribution in [0.15, 0.2) is 47.4 Å². The summed E-state index contributed by atoms with van der Waals surface area (Å²) in [5, 5.41) is 2.81. The van der Waals surface area contributed by atoms with Crippen LogP contribution in [0.1, 0.15) is 30.5 Å². The number of amides is 2. The van der Waals surface area contributed by atoms with Crippen molar-refractivity contribution in [3.8, 4) is 0 Å². The number of anilines is 1. The third-order valence-electron chi connectivity index (χ3n) is 4.57. The fourth-order valence-electron chi connectivity index (χ4n) is 3.30. The molecule has 3 rings (SSSR count). The van der Waals surface area contributed by atoms with E-state index in [4.69, 9.17) is 0 Å². The summed E-state index contributed by atoms with van der Waals surface area (Å²) in [7, 11) is 1.63. The molecule has 2 heterocycles. The van der Waals surface area contributed by atoms with Gasteiger partial charge in [0.2, 0.25) is 17.4 Å². The maximum absolute atomic E-state index is 12.5. The first-order valence-corrected chi connectivity index (χ1v) is 8.27. The van der Waals surface area contributed by atoms with Crippen molar-refractivity contribution in [3.63, 3.8) is 0 Å². The lowest BCUT2D eigenvalue weighted by Gasteiger charge is -2.36. The summed E-state index contributed by atoms with van der Waals surface area (Å²) >= 11 is 0. The lowest BCUT2D eigenvalue weighted by Crippen LogP contribution is -2.40. The Morgan fingerprint density at radius 2 is 1.96 bits per heavy atom. The molecule has 0 bridgehead atoms. The molecular formula is C19H21N3O3. The fourth-order valence-corrected chi connectivity index (χ4v) is 3.30. The van der Waals surface area contributed by atoms with Crippen LogP contribution in [0.3, 0.4) is 0 Å². The first-order chi connectivity index (χ1) is 12.0. The maximum Gasteiger partial charge on any atom is 0.250 e. The zero-order chi connectivity index (χ0) is 18.0. The van der Waals surface area contributed by atoms with Crippen LogP contribution in [0.25, 0.3) is 0 Å². The number of carbonyl (C=O) groups excluding carboxylic acids is 2. The number of hydrogen-bond acceptors (Lipinski definition) is 3. The van der Waals surface area contributed by atoms with E-state index in [2.05, 4.69) is 5.32 Å². The van der Waals surface area contributed by atoms with E-state index >= 15 is 0 Å². The Kier molecular flexibility index (Phi) is 4.70. The van der Waals surface area contributed by atoms with Crippen LogP contribution in [0, 0.1) is 0 Å². The fraction of sp³-hybridized carbons (Fsp3) is 0.316. The number of aryl methyl sites for hydroxylation is 1. The normalized spacial score (nSPS) is 16.2. The molecule has 0 saturated carbocycles. The van der Waals surface area contributed by atoms with E-state index in [1.807, 2.05) is 24.3 Å². The number of rotatable bonds is 3. The molecule has 130 valence electrons. The Balaban J connectivity index is 1.81. The van der Waals surface area contributed by atoms with Crippen molar-refractivity contribution in [3.05, 3.63) is 64.1 Å². The third-order valence-corrected chi connectivity index (χ3v) is 4.57. The molecule has 1 N–H and O–H groups in total. The van der Waals surface area contributed by atoms with E-state index in [0.717, 1.165) is 12.0 Å². The van der Waals surface area contributed by atoms with Gasteiger partial charge in [0.1, 0.15) is 0 Å². The average molecular weight is 339 g/mol. The Morgan fingerprint density at radius 1 is 1.20 bits per heavy atom. The molecule has 0 saturated heterocycles. The van der Waals surface area contributed by atoms with Crippen LogP contribution in [0.2, 0.25) is 0 Å². The number of pyridine rings is 1. The van der Waals surface area contributed by atoms with Crippen molar-refractivity contribution >= 4 is 17.5 Å². The SMILES string of the molecule is CC(=O)N1CCc2ccccc2C1CC(=O)Nc1ccc(=O)n(C)c1. The van der Waals surface area contributed by atoms with Crippen molar-refractivity contribution in [2.24, 2.45) is 7.05 Å². The van der Waals surface area contributed by atoms with Gasteiger partial charge >= 0.3 is 0 Å². The summed E-state index contributed by atoms with van der Waals surface area (Å²) in [6.45, 7) is 2.15. The first-order valence-electron chi connectivity index (χ1n) is 8.27.